The fourth-order valence-electron chi connectivity index (χ4n) is 6.01. The number of hydrogen-bond acceptors (Lipinski definition) is 6. The van der Waals surface area contributed by atoms with Crippen molar-refractivity contribution in [2.75, 3.05) is 19.8 Å². The summed E-state index contributed by atoms with van der Waals surface area (Å²) in [4.78, 5) is 22.7. The fourth-order valence-corrected chi connectivity index (χ4v) is 6.50. The lowest BCUT2D eigenvalue weighted by Gasteiger charge is -2.33. The number of amides is 1. The van der Waals surface area contributed by atoms with E-state index in [1.165, 1.54) is 19.3 Å². The highest BCUT2D eigenvalue weighted by atomic mass is 79.9. The van der Waals surface area contributed by atoms with Gasteiger partial charge in [0, 0.05) is 46.5 Å². The van der Waals surface area contributed by atoms with Crippen LogP contribution in [0.3, 0.4) is 0 Å². The molecular weight excluding hydrogens is 622 g/mol. The number of hydrogen-bond donors (Lipinski definition) is 2. The Morgan fingerprint density at radius 3 is 2.52 bits per heavy atom. The molecule has 0 saturated heterocycles. The average molecular weight is 661 g/mol. The van der Waals surface area contributed by atoms with Crippen molar-refractivity contribution in [3.8, 4) is 5.75 Å². The Kier molecular flexibility index (Phi) is 10.9. The first-order valence-corrected chi connectivity index (χ1v) is 16.0. The minimum Gasteiger partial charge on any atom is -0.494 e. The van der Waals surface area contributed by atoms with Gasteiger partial charge in [-0.05, 0) is 65.7 Å². The highest BCUT2D eigenvalue weighted by molar-refractivity contribution is 9.10. The van der Waals surface area contributed by atoms with Crippen LogP contribution < -0.4 is 10.1 Å². The highest BCUT2D eigenvalue weighted by Gasteiger charge is 2.54. The largest absolute Gasteiger partial charge is 0.494 e. The maximum Gasteiger partial charge on any atom is 0.252 e. The molecule has 3 aromatic carbocycles. The molecule has 1 aliphatic carbocycles. The molecule has 1 amide bonds. The number of aliphatic hydroxyl groups is 1. The molecular formula is C34H38BrN5O4. The van der Waals surface area contributed by atoms with E-state index in [0.29, 0.717) is 37.1 Å². The van der Waals surface area contributed by atoms with E-state index in [-0.39, 0.29) is 25.5 Å². The van der Waals surface area contributed by atoms with Crippen LogP contribution in [0.15, 0.2) is 87.4 Å². The third kappa shape index (κ3) is 7.44. The highest BCUT2D eigenvalue weighted by Crippen LogP contribution is 2.45. The number of benzene rings is 3. The summed E-state index contributed by atoms with van der Waals surface area (Å²) in [6.07, 6.45) is 5.89. The second-order valence-electron chi connectivity index (χ2n) is 11.4. The third-order valence-electron chi connectivity index (χ3n) is 8.38. The van der Waals surface area contributed by atoms with Crippen molar-refractivity contribution in [2.24, 2.45) is 16.0 Å². The monoisotopic (exact) mass is 659 g/mol. The molecule has 230 valence electrons. The molecule has 0 aromatic heterocycles. The van der Waals surface area contributed by atoms with E-state index < -0.39 is 11.6 Å². The number of carbonyl (C=O) groups excluding carboxylic acids is 1. The molecule has 1 heterocycles. The molecule has 0 spiro atoms. The van der Waals surface area contributed by atoms with Crippen molar-refractivity contribution in [3.63, 3.8) is 0 Å². The summed E-state index contributed by atoms with van der Waals surface area (Å²) in [5.74, 6) is 1.29. The van der Waals surface area contributed by atoms with Gasteiger partial charge in [-0.2, -0.15) is 0 Å². The third-order valence-corrected chi connectivity index (χ3v) is 9.10. The topological polar surface area (TPSA) is 129 Å². The maximum absolute atomic E-state index is 14.6. The molecule has 1 aliphatic heterocycles. The van der Waals surface area contributed by atoms with Gasteiger partial charge in [0.05, 0.1) is 13.2 Å². The molecule has 44 heavy (non-hydrogen) atoms. The van der Waals surface area contributed by atoms with Gasteiger partial charge in [0.15, 0.2) is 11.6 Å². The van der Waals surface area contributed by atoms with Crippen molar-refractivity contribution < 1.29 is 19.4 Å². The number of azide groups is 1. The number of nitrogens with one attached hydrogen (secondary N) is 1. The Hall–Kier alpha value is -3.85. The van der Waals surface area contributed by atoms with Crippen molar-refractivity contribution in [3.05, 3.63) is 110 Å². The quantitative estimate of drug-likeness (QED) is 0.0869. The minimum absolute atomic E-state index is 0.0655. The SMILES string of the molecule is [N-]=[N+]=NCc1ccccc1C[C@@]1(C(=O)NCC2CCCCC2)N=C(c2ccc(OCCCO)cc2)O[C@@H]1c1ccccc1Br. The van der Waals surface area contributed by atoms with Gasteiger partial charge in [-0.25, -0.2) is 4.99 Å². The van der Waals surface area contributed by atoms with Crippen molar-refractivity contribution in [1.29, 1.82) is 0 Å². The zero-order chi connectivity index (χ0) is 30.8. The van der Waals surface area contributed by atoms with Gasteiger partial charge in [-0.15, -0.1) is 0 Å². The molecule has 2 N–H and O–H groups in total. The predicted molar refractivity (Wildman–Crippen MR) is 173 cm³/mol. The molecule has 0 radical (unpaired) electrons. The van der Waals surface area contributed by atoms with E-state index in [1.54, 1.807) is 0 Å². The van der Waals surface area contributed by atoms with Gasteiger partial charge in [-0.1, -0.05) is 82.8 Å². The summed E-state index contributed by atoms with van der Waals surface area (Å²) in [6.45, 7) is 1.24. The van der Waals surface area contributed by atoms with E-state index >= 15 is 0 Å². The van der Waals surface area contributed by atoms with E-state index in [4.69, 9.17) is 25.1 Å². The van der Waals surface area contributed by atoms with E-state index in [2.05, 4.69) is 31.3 Å². The Morgan fingerprint density at radius 2 is 1.80 bits per heavy atom. The van der Waals surface area contributed by atoms with Gasteiger partial charge in [0.1, 0.15) is 5.75 Å². The Bertz CT molecular complexity index is 1500. The molecule has 0 unspecified atom stereocenters. The van der Waals surface area contributed by atoms with Crippen LogP contribution in [0.2, 0.25) is 0 Å². The number of carbonyl (C=O) groups is 1. The molecule has 10 heteroatoms. The summed E-state index contributed by atoms with van der Waals surface area (Å²) in [6, 6.07) is 22.9. The summed E-state index contributed by atoms with van der Waals surface area (Å²) < 4.78 is 13.2. The van der Waals surface area contributed by atoms with Crippen LogP contribution in [0.25, 0.3) is 10.4 Å². The number of halogens is 1. The van der Waals surface area contributed by atoms with Crippen molar-refractivity contribution in [1.82, 2.24) is 5.32 Å². The predicted octanol–water partition coefficient (Wildman–Crippen LogP) is 7.22. The molecule has 2 atom stereocenters. The van der Waals surface area contributed by atoms with Crippen LogP contribution in [-0.4, -0.2) is 42.2 Å². The lowest BCUT2D eigenvalue weighted by atomic mass is 9.80. The number of nitrogens with zero attached hydrogens (tertiary/aromatic N) is 4. The van der Waals surface area contributed by atoms with Crippen LogP contribution >= 0.6 is 15.9 Å². The van der Waals surface area contributed by atoms with Crippen LogP contribution in [0, 0.1) is 5.92 Å². The summed E-state index contributed by atoms with van der Waals surface area (Å²) >= 11 is 3.71. The van der Waals surface area contributed by atoms with E-state index in [9.17, 15) is 4.79 Å². The van der Waals surface area contributed by atoms with Crippen LogP contribution in [-0.2, 0) is 22.5 Å². The molecule has 2 aliphatic rings. The normalized spacial score (nSPS) is 19.9. The van der Waals surface area contributed by atoms with E-state index in [0.717, 1.165) is 39.6 Å². The van der Waals surface area contributed by atoms with Crippen LogP contribution in [0.5, 0.6) is 5.75 Å². The number of ether oxygens (including phenoxy) is 2. The summed E-state index contributed by atoms with van der Waals surface area (Å²) in [5, 5.41) is 16.2. The Balaban J connectivity index is 1.57. The number of aliphatic hydroxyl groups excluding tert-OH is 1. The zero-order valence-corrected chi connectivity index (χ0v) is 26.3. The lowest BCUT2D eigenvalue weighted by molar-refractivity contribution is -0.129. The molecule has 5 rings (SSSR count). The lowest BCUT2D eigenvalue weighted by Crippen LogP contribution is -2.51. The van der Waals surface area contributed by atoms with Gasteiger partial charge >= 0.3 is 0 Å². The first-order chi connectivity index (χ1) is 21.5. The second kappa shape index (κ2) is 15.2. The van der Waals surface area contributed by atoms with Gasteiger partial charge in [0.2, 0.25) is 5.90 Å². The van der Waals surface area contributed by atoms with Crippen LogP contribution in [0.1, 0.15) is 66.9 Å². The minimum atomic E-state index is -1.34. The molecule has 1 fully saturated rings. The zero-order valence-electron chi connectivity index (χ0n) is 24.7. The molecule has 3 aromatic rings. The second-order valence-corrected chi connectivity index (χ2v) is 12.2. The number of aliphatic imine (C=N–C) groups is 1. The van der Waals surface area contributed by atoms with Gasteiger partial charge < -0.3 is 19.9 Å². The summed E-state index contributed by atoms with van der Waals surface area (Å²) in [7, 11) is 0. The summed E-state index contributed by atoms with van der Waals surface area (Å²) in [5.41, 5.74) is 10.9. The molecule has 9 nitrogen and oxygen atoms in total. The van der Waals surface area contributed by atoms with Gasteiger partial charge in [0.25, 0.3) is 5.91 Å². The maximum atomic E-state index is 14.6. The van der Waals surface area contributed by atoms with E-state index in [1.807, 2.05) is 72.8 Å². The first-order valence-electron chi connectivity index (χ1n) is 15.2. The smallest absolute Gasteiger partial charge is 0.252 e. The Labute approximate surface area is 266 Å². The van der Waals surface area contributed by atoms with Crippen molar-refractivity contribution >= 4 is 27.7 Å². The van der Waals surface area contributed by atoms with Crippen molar-refractivity contribution in [2.45, 2.75) is 63.1 Å². The fraction of sp³-hybridized carbons (Fsp3) is 0.412. The average Bonchev–Trinajstić information content (AvgIpc) is 3.44. The van der Waals surface area contributed by atoms with Gasteiger partial charge in [-0.3, -0.25) is 4.79 Å². The molecule has 0 bridgehead atoms. The van der Waals surface area contributed by atoms with Crippen LogP contribution in [0.4, 0.5) is 0 Å². The standard InChI is InChI=1S/C34H38BrN5O4/c35-30-14-7-6-13-29(30)31-34(33(42)37-22-24-9-2-1-3-10-24,21-26-11-4-5-12-27(26)23-38-40-36)39-32(44-31)25-15-17-28(18-16-25)43-20-8-19-41/h4-7,11-18,24,31,41H,1-3,8-10,19-23H2,(H,37,42)/t31-,34-/m1/s1. The first kappa shape index (κ1) is 31.6. The number of rotatable bonds is 13. The Morgan fingerprint density at radius 1 is 1.07 bits per heavy atom. The molecule has 1 saturated carbocycles.